The molecule has 3 aromatic rings. The number of nitriles is 1. The Labute approximate surface area is 227 Å². The van der Waals surface area contributed by atoms with Gasteiger partial charge in [-0.1, -0.05) is 17.7 Å². The van der Waals surface area contributed by atoms with Crippen molar-refractivity contribution in [3.63, 3.8) is 0 Å². The monoisotopic (exact) mass is 609 g/mol. The zero-order valence-corrected chi connectivity index (χ0v) is 21.6. The van der Waals surface area contributed by atoms with Gasteiger partial charge in [-0.2, -0.15) is 18.4 Å². The number of anilines is 1. The van der Waals surface area contributed by atoms with Crippen LogP contribution in [0.25, 0.3) is 6.08 Å². The van der Waals surface area contributed by atoms with Crippen molar-refractivity contribution >= 4 is 50.9 Å². The van der Waals surface area contributed by atoms with Crippen LogP contribution < -0.4 is 14.8 Å². The fourth-order valence-electron chi connectivity index (χ4n) is 3.15. The van der Waals surface area contributed by atoms with Crippen LogP contribution in [0.4, 0.5) is 24.5 Å². The third-order valence-corrected chi connectivity index (χ3v) is 5.61. The number of halogens is 5. The molecule has 196 valence electrons. The smallest absolute Gasteiger partial charge is 0.416 e. The van der Waals surface area contributed by atoms with Crippen LogP contribution >= 0.6 is 27.5 Å². The second-order valence-electron chi connectivity index (χ2n) is 7.44. The fourth-order valence-corrected chi connectivity index (χ4v) is 3.88. The molecule has 0 spiro atoms. The summed E-state index contributed by atoms with van der Waals surface area (Å²) in [5, 5.41) is 23.9. The standard InChI is InChI=1S/C25H16BrClF3N3O5/c1-2-37-22-10-14(8-15(13-31)24(34)32-18-5-3-4-17(27)12-18)9-19(26)23(22)38-21-7-6-16(25(28,29)30)11-20(21)33(35)36/h3-12H,2H2,1H3,(H,32,34)/b15-8+. The van der Waals surface area contributed by atoms with Crippen molar-refractivity contribution in [1.82, 2.24) is 0 Å². The molecule has 0 saturated carbocycles. The lowest BCUT2D eigenvalue weighted by atomic mass is 10.1. The molecule has 8 nitrogen and oxygen atoms in total. The molecule has 0 aliphatic rings. The van der Waals surface area contributed by atoms with Crippen molar-refractivity contribution < 1.29 is 32.4 Å². The Morgan fingerprint density at radius 2 is 1.95 bits per heavy atom. The van der Waals surface area contributed by atoms with Crippen LogP contribution in [0.2, 0.25) is 5.02 Å². The van der Waals surface area contributed by atoms with Gasteiger partial charge in [-0.25, -0.2) is 0 Å². The second kappa shape index (κ2) is 12.0. The SMILES string of the molecule is CCOc1cc(/C=C(\C#N)C(=O)Nc2cccc(Cl)c2)cc(Br)c1Oc1ccc(C(F)(F)F)cc1[N+](=O)[O-]. The van der Waals surface area contributed by atoms with Crippen molar-refractivity contribution in [3.05, 3.63) is 90.9 Å². The van der Waals surface area contributed by atoms with E-state index in [1.807, 2.05) is 6.07 Å². The molecule has 0 radical (unpaired) electrons. The van der Waals surface area contributed by atoms with Crippen LogP contribution in [0.5, 0.6) is 17.2 Å². The van der Waals surface area contributed by atoms with E-state index in [1.165, 1.54) is 24.3 Å². The van der Waals surface area contributed by atoms with Gasteiger partial charge in [-0.05, 0) is 77.0 Å². The van der Waals surface area contributed by atoms with Crippen molar-refractivity contribution in [2.75, 3.05) is 11.9 Å². The topological polar surface area (TPSA) is 114 Å². The minimum atomic E-state index is -4.79. The lowest BCUT2D eigenvalue weighted by Crippen LogP contribution is -2.13. The van der Waals surface area contributed by atoms with Crippen LogP contribution in [0.1, 0.15) is 18.1 Å². The average Bonchev–Trinajstić information content (AvgIpc) is 2.84. The number of nitrogens with one attached hydrogen (secondary N) is 1. The van der Waals surface area contributed by atoms with E-state index in [0.717, 1.165) is 6.07 Å². The maximum atomic E-state index is 13.0. The van der Waals surface area contributed by atoms with Crippen LogP contribution in [0.15, 0.2) is 64.6 Å². The van der Waals surface area contributed by atoms with Gasteiger partial charge in [0.2, 0.25) is 5.75 Å². The van der Waals surface area contributed by atoms with Crippen LogP contribution in [-0.4, -0.2) is 17.4 Å². The predicted molar refractivity (Wildman–Crippen MR) is 137 cm³/mol. The number of nitro benzene ring substituents is 1. The number of carbonyl (C=O) groups excluding carboxylic acids is 1. The van der Waals surface area contributed by atoms with Crippen LogP contribution in [0, 0.1) is 21.4 Å². The number of rotatable bonds is 8. The summed E-state index contributed by atoms with van der Waals surface area (Å²) < 4.78 is 50.5. The first-order valence-corrected chi connectivity index (χ1v) is 11.8. The summed E-state index contributed by atoms with van der Waals surface area (Å²) in [6.07, 6.45) is -3.51. The molecule has 1 amide bonds. The van der Waals surface area contributed by atoms with Crippen molar-refractivity contribution in [2.45, 2.75) is 13.1 Å². The summed E-state index contributed by atoms with van der Waals surface area (Å²) in [5.41, 5.74) is -1.66. The van der Waals surface area contributed by atoms with Gasteiger partial charge in [0.05, 0.1) is 21.6 Å². The van der Waals surface area contributed by atoms with Crippen LogP contribution in [-0.2, 0) is 11.0 Å². The molecule has 0 aliphatic carbocycles. The Morgan fingerprint density at radius 3 is 2.55 bits per heavy atom. The Morgan fingerprint density at radius 1 is 1.21 bits per heavy atom. The number of hydrogen-bond acceptors (Lipinski definition) is 6. The number of amides is 1. The summed E-state index contributed by atoms with van der Waals surface area (Å²) in [6.45, 7) is 1.78. The van der Waals surface area contributed by atoms with E-state index in [4.69, 9.17) is 21.1 Å². The molecule has 3 aromatic carbocycles. The van der Waals surface area contributed by atoms with Crippen molar-refractivity contribution in [3.8, 4) is 23.3 Å². The molecule has 38 heavy (non-hydrogen) atoms. The third-order valence-electron chi connectivity index (χ3n) is 4.79. The maximum absolute atomic E-state index is 13.0. The van der Waals surface area contributed by atoms with Gasteiger partial charge in [0, 0.05) is 16.8 Å². The summed E-state index contributed by atoms with van der Waals surface area (Å²) >= 11 is 9.18. The van der Waals surface area contributed by atoms with E-state index in [0.29, 0.717) is 28.4 Å². The van der Waals surface area contributed by atoms with E-state index in [2.05, 4.69) is 21.2 Å². The summed E-state index contributed by atoms with van der Waals surface area (Å²) in [5.74, 6) is -1.17. The molecule has 0 aliphatic heterocycles. The number of nitrogens with zero attached hydrogens (tertiary/aromatic N) is 2. The molecular weight excluding hydrogens is 595 g/mol. The Hall–Kier alpha value is -4.08. The lowest BCUT2D eigenvalue weighted by molar-refractivity contribution is -0.385. The third kappa shape index (κ3) is 7.02. The zero-order valence-electron chi connectivity index (χ0n) is 19.3. The Bertz CT molecular complexity index is 1470. The predicted octanol–water partition coefficient (Wildman–Crippen LogP) is 7.77. The molecule has 0 unspecified atom stereocenters. The van der Waals surface area contributed by atoms with Crippen molar-refractivity contribution in [1.29, 1.82) is 5.26 Å². The van der Waals surface area contributed by atoms with E-state index in [1.54, 1.807) is 25.1 Å². The zero-order chi connectivity index (χ0) is 28.0. The van der Waals surface area contributed by atoms with Crippen molar-refractivity contribution in [2.24, 2.45) is 0 Å². The van der Waals surface area contributed by atoms with Gasteiger partial charge >= 0.3 is 11.9 Å². The number of carbonyl (C=O) groups is 1. The summed E-state index contributed by atoms with van der Waals surface area (Å²) in [6, 6.07) is 12.9. The van der Waals surface area contributed by atoms with E-state index in [9.17, 15) is 33.3 Å². The molecule has 0 heterocycles. The maximum Gasteiger partial charge on any atom is 0.416 e. The minimum absolute atomic E-state index is 0.0508. The molecular formula is C25H16BrClF3N3O5. The van der Waals surface area contributed by atoms with E-state index < -0.39 is 34.0 Å². The van der Waals surface area contributed by atoms with Gasteiger partial charge in [-0.15, -0.1) is 0 Å². The Kier molecular flexibility index (Phi) is 8.98. The molecule has 0 atom stereocenters. The molecule has 3 rings (SSSR count). The molecule has 0 saturated heterocycles. The van der Waals surface area contributed by atoms with Gasteiger partial charge in [0.15, 0.2) is 11.5 Å². The number of benzene rings is 3. The molecule has 0 bridgehead atoms. The van der Waals surface area contributed by atoms with Gasteiger partial charge in [0.25, 0.3) is 5.91 Å². The number of alkyl halides is 3. The summed E-state index contributed by atoms with van der Waals surface area (Å²) in [7, 11) is 0. The van der Waals surface area contributed by atoms with E-state index >= 15 is 0 Å². The number of ether oxygens (including phenoxy) is 2. The quantitative estimate of drug-likeness (QED) is 0.121. The van der Waals surface area contributed by atoms with Gasteiger partial charge in [-0.3, -0.25) is 14.9 Å². The molecule has 0 fully saturated rings. The Balaban J connectivity index is 1.98. The second-order valence-corrected chi connectivity index (χ2v) is 8.73. The highest BCUT2D eigenvalue weighted by Crippen LogP contribution is 2.44. The fraction of sp³-hybridized carbons (Fsp3) is 0.120. The number of hydrogen-bond donors (Lipinski definition) is 1. The van der Waals surface area contributed by atoms with Crippen LogP contribution in [0.3, 0.4) is 0 Å². The largest absolute Gasteiger partial charge is 0.490 e. The first-order chi connectivity index (χ1) is 17.9. The molecule has 1 N–H and O–H groups in total. The highest BCUT2D eigenvalue weighted by molar-refractivity contribution is 9.10. The molecule has 13 heteroatoms. The first kappa shape index (κ1) is 28.5. The first-order valence-electron chi connectivity index (χ1n) is 10.6. The minimum Gasteiger partial charge on any atom is -0.490 e. The highest BCUT2D eigenvalue weighted by Gasteiger charge is 2.33. The average molecular weight is 611 g/mol. The van der Waals surface area contributed by atoms with E-state index in [-0.39, 0.29) is 28.2 Å². The lowest BCUT2D eigenvalue weighted by Gasteiger charge is -2.15. The van der Waals surface area contributed by atoms with Gasteiger partial charge in [0.1, 0.15) is 11.6 Å². The number of nitro groups is 1. The summed E-state index contributed by atoms with van der Waals surface area (Å²) in [4.78, 5) is 23.1. The highest BCUT2D eigenvalue weighted by atomic mass is 79.9. The molecule has 0 aromatic heterocycles. The van der Waals surface area contributed by atoms with Gasteiger partial charge < -0.3 is 14.8 Å². The normalized spacial score (nSPS) is 11.4.